The first-order valence-electron chi connectivity index (χ1n) is 5.45. The highest BCUT2D eigenvalue weighted by Crippen LogP contribution is 2.27. The lowest BCUT2D eigenvalue weighted by Gasteiger charge is -2.03. The molecule has 18 heavy (non-hydrogen) atoms. The molecule has 96 valence electrons. The molecule has 0 atom stereocenters. The van der Waals surface area contributed by atoms with E-state index in [1.165, 1.54) is 0 Å². The van der Waals surface area contributed by atoms with Crippen molar-refractivity contribution in [1.29, 1.82) is 0 Å². The van der Waals surface area contributed by atoms with Crippen molar-refractivity contribution in [3.05, 3.63) is 35.2 Å². The normalized spacial score (nSPS) is 11.7. The maximum absolute atomic E-state index is 11.7. The maximum Gasteiger partial charge on any atom is 0.178 e. The molecule has 2 aromatic rings. The van der Waals surface area contributed by atoms with Crippen molar-refractivity contribution in [2.24, 2.45) is 7.05 Å². The van der Waals surface area contributed by atoms with Gasteiger partial charge in [0.2, 0.25) is 0 Å². The van der Waals surface area contributed by atoms with Crippen LogP contribution in [0.2, 0.25) is 0 Å². The number of imidazole rings is 1. The van der Waals surface area contributed by atoms with Gasteiger partial charge in [-0.05, 0) is 28.1 Å². The van der Waals surface area contributed by atoms with E-state index in [2.05, 4.69) is 20.9 Å². The zero-order valence-corrected chi connectivity index (χ0v) is 12.5. The fourth-order valence-corrected chi connectivity index (χ4v) is 2.90. The Morgan fingerprint density at radius 2 is 1.89 bits per heavy atom. The monoisotopic (exact) mass is 328 g/mol. The Hall–Kier alpha value is -1.14. The Labute approximate surface area is 115 Å². The lowest BCUT2D eigenvalue weighted by Crippen LogP contribution is -2.03. The van der Waals surface area contributed by atoms with Crippen molar-refractivity contribution in [2.45, 2.75) is 11.8 Å². The van der Waals surface area contributed by atoms with Gasteiger partial charge in [-0.3, -0.25) is 0 Å². The van der Waals surface area contributed by atoms with Gasteiger partial charge in [0, 0.05) is 12.6 Å². The predicted molar refractivity (Wildman–Crippen MR) is 74.1 cm³/mol. The van der Waals surface area contributed by atoms with Crippen LogP contribution in [-0.4, -0.2) is 23.7 Å². The van der Waals surface area contributed by atoms with Gasteiger partial charge in [-0.25, -0.2) is 13.4 Å². The van der Waals surface area contributed by atoms with Crippen molar-refractivity contribution < 1.29 is 8.42 Å². The number of hydrogen-bond donors (Lipinski definition) is 0. The summed E-state index contributed by atoms with van der Waals surface area (Å²) in [7, 11) is -1.25. The van der Waals surface area contributed by atoms with Crippen LogP contribution in [0.3, 0.4) is 0 Å². The molecular weight excluding hydrogens is 316 g/mol. The van der Waals surface area contributed by atoms with E-state index in [9.17, 15) is 8.42 Å². The van der Waals surface area contributed by atoms with E-state index in [-0.39, 0.29) is 5.75 Å². The zero-order chi connectivity index (χ0) is 13.3. The smallest absolute Gasteiger partial charge is 0.178 e. The molecule has 0 aliphatic carbocycles. The Morgan fingerprint density at radius 3 is 2.33 bits per heavy atom. The molecule has 0 N–H and O–H groups in total. The topological polar surface area (TPSA) is 52.0 Å². The fraction of sp³-hybridized carbons (Fsp3) is 0.250. The average molecular weight is 329 g/mol. The molecule has 0 amide bonds. The second kappa shape index (κ2) is 4.85. The van der Waals surface area contributed by atoms with Gasteiger partial charge in [-0.1, -0.05) is 19.1 Å². The average Bonchev–Trinajstić information content (AvgIpc) is 2.70. The van der Waals surface area contributed by atoms with Gasteiger partial charge < -0.3 is 4.57 Å². The van der Waals surface area contributed by atoms with E-state index < -0.39 is 9.84 Å². The zero-order valence-electron chi connectivity index (χ0n) is 10.1. The third-order valence-corrected chi connectivity index (χ3v) is 5.42. The largest absolute Gasteiger partial charge is 0.328 e. The molecule has 0 saturated carbocycles. The van der Waals surface area contributed by atoms with E-state index in [0.29, 0.717) is 4.90 Å². The summed E-state index contributed by atoms with van der Waals surface area (Å²) >= 11 is 3.44. The van der Waals surface area contributed by atoms with E-state index in [0.717, 1.165) is 15.9 Å². The summed E-state index contributed by atoms with van der Waals surface area (Å²) < 4.78 is 26.1. The number of sulfone groups is 1. The van der Waals surface area contributed by atoms with Crippen LogP contribution >= 0.6 is 15.9 Å². The van der Waals surface area contributed by atoms with E-state index in [4.69, 9.17) is 0 Å². The van der Waals surface area contributed by atoms with Gasteiger partial charge in [-0.15, -0.1) is 0 Å². The van der Waals surface area contributed by atoms with Gasteiger partial charge in [0.05, 0.1) is 17.0 Å². The number of rotatable bonds is 3. The lowest BCUT2D eigenvalue weighted by molar-refractivity contribution is 0.597. The van der Waals surface area contributed by atoms with Crippen molar-refractivity contribution in [1.82, 2.24) is 9.55 Å². The number of benzene rings is 1. The van der Waals surface area contributed by atoms with Gasteiger partial charge in [0.25, 0.3) is 0 Å². The predicted octanol–water partition coefficient (Wildman–Crippen LogP) is 2.64. The molecule has 2 rings (SSSR count). The Balaban J connectivity index is 2.43. The number of aromatic nitrogens is 2. The molecule has 1 aromatic carbocycles. The summed E-state index contributed by atoms with van der Waals surface area (Å²) in [5.41, 5.74) is 1.69. The summed E-state index contributed by atoms with van der Waals surface area (Å²) in [6.45, 7) is 1.64. The quantitative estimate of drug-likeness (QED) is 0.870. The first kappa shape index (κ1) is 13.3. The van der Waals surface area contributed by atoms with Crippen LogP contribution in [0.15, 0.2) is 40.1 Å². The molecule has 0 fully saturated rings. The minimum Gasteiger partial charge on any atom is -0.328 e. The minimum atomic E-state index is -3.14. The summed E-state index contributed by atoms with van der Waals surface area (Å²) in [6, 6.07) is 6.79. The Morgan fingerprint density at radius 1 is 1.28 bits per heavy atom. The molecular formula is C12H13BrN2O2S. The molecule has 1 aromatic heterocycles. The highest BCUT2D eigenvalue weighted by Gasteiger charge is 2.13. The van der Waals surface area contributed by atoms with Crippen molar-refractivity contribution in [2.75, 3.05) is 5.75 Å². The van der Waals surface area contributed by atoms with Crippen LogP contribution < -0.4 is 0 Å². The lowest BCUT2D eigenvalue weighted by atomic mass is 10.2. The van der Waals surface area contributed by atoms with Crippen LogP contribution in [0, 0.1) is 0 Å². The van der Waals surface area contributed by atoms with Crippen LogP contribution in [0.4, 0.5) is 0 Å². The Kier molecular flexibility index (Phi) is 3.59. The molecule has 1 heterocycles. The third-order valence-electron chi connectivity index (χ3n) is 2.73. The first-order valence-corrected chi connectivity index (χ1v) is 7.90. The van der Waals surface area contributed by atoms with Crippen molar-refractivity contribution >= 4 is 25.8 Å². The SMILES string of the molecule is CCS(=O)(=O)c1ccc(-c2ncn(C)c2Br)cc1. The highest BCUT2D eigenvalue weighted by atomic mass is 79.9. The molecule has 0 bridgehead atoms. The molecule has 0 saturated heterocycles. The highest BCUT2D eigenvalue weighted by molar-refractivity contribution is 9.10. The van der Waals surface area contributed by atoms with Crippen LogP contribution in [0.25, 0.3) is 11.3 Å². The first-order chi connectivity index (χ1) is 8.45. The summed E-state index contributed by atoms with van der Waals surface area (Å²) in [5.74, 6) is 0.111. The number of hydrogen-bond acceptors (Lipinski definition) is 3. The molecule has 0 aliphatic heterocycles. The van der Waals surface area contributed by atoms with Crippen LogP contribution in [0.1, 0.15) is 6.92 Å². The Bertz CT molecular complexity index is 660. The summed E-state index contributed by atoms with van der Waals surface area (Å²) in [5, 5.41) is 0. The fourth-order valence-electron chi connectivity index (χ4n) is 1.60. The van der Waals surface area contributed by atoms with E-state index in [1.807, 2.05) is 11.6 Å². The standard InChI is InChI=1S/C12H13BrN2O2S/c1-3-18(16,17)10-6-4-9(5-7-10)11-12(13)15(2)8-14-11/h4-8H,3H2,1-2H3. The van der Waals surface area contributed by atoms with Gasteiger partial charge >= 0.3 is 0 Å². The molecule has 0 radical (unpaired) electrons. The molecule has 0 unspecified atom stereocenters. The van der Waals surface area contributed by atoms with Crippen LogP contribution in [0.5, 0.6) is 0 Å². The second-order valence-corrected chi connectivity index (χ2v) is 6.95. The van der Waals surface area contributed by atoms with Crippen LogP contribution in [-0.2, 0) is 16.9 Å². The number of halogens is 1. The summed E-state index contributed by atoms with van der Waals surface area (Å²) in [4.78, 5) is 4.61. The van der Waals surface area contributed by atoms with Gasteiger partial charge in [0.15, 0.2) is 9.84 Å². The number of nitrogens with zero attached hydrogens (tertiary/aromatic N) is 2. The van der Waals surface area contributed by atoms with Gasteiger partial charge in [0.1, 0.15) is 10.3 Å². The van der Waals surface area contributed by atoms with Gasteiger partial charge in [-0.2, -0.15) is 0 Å². The molecule has 4 nitrogen and oxygen atoms in total. The maximum atomic E-state index is 11.7. The minimum absolute atomic E-state index is 0.111. The molecule has 0 aliphatic rings. The van der Waals surface area contributed by atoms with Crippen molar-refractivity contribution in [3.8, 4) is 11.3 Å². The van der Waals surface area contributed by atoms with Crippen molar-refractivity contribution in [3.63, 3.8) is 0 Å². The molecule has 0 spiro atoms. The second-order valence-electron chi connectivity index (χ2n) is 3.92. The van der Waals surface area contributed by atoms with E-state index >= 15 is 0 Å². The number of aryl methyl sites for hydroxylation is 1. The molecule has 6 heteroatoms. The third kappa shape index (κ3) is 2.35. The summed E-state index contributed by atoms with van der Waals surface area (Å²) in [6.07, 6.45) is 1.70. The van der Waals surface area contributed by atoms with E-state index in [1.54, 1.807) is 37.5 Å².